The predicted molar refractivity (Wildman–Crippen MR) is 67.5 cm³/mol. The summed E-state index contributed by atoms with van der Waals surface area (Å²) < 4.78 is 5.48. The number of hydrogen-bond acceptors (Lipinski definition) is 2. The molecule has 1 rings (SSSR count). The van der Waals surface area contributed by atoms with Gasteiger partial charge in [-0.2, -0.15) is 0 Å². The standard InChI is InChI=1S/C12H18BrNO2/c1-8(2)14(12(15)10(4)13)7-11-6-5-9(3)16-11/h5-6,8,10H,7H2,1-4H3. The van der Waals surface area contributed by atoms with Gasteiger partial charge in [-0.3, -0.25) is 4.79 Å². The van der Waals surface area contributed by atoms with Crippen molar-refractivity contribution < 1.29 is 9.21 Å². The highest BCUT2D eigenvalue weighted by Gasteiger charge is 2.21. The molecule has 0 aliphatic carbocycles. The van der Waals surface area contributed by atoms with Crippen LogP contribution in [0.3, 0.4) is 0 Å². The number of nitrogens with zero attached hydrogens (tertiary/aromatic N) is 1. The fourth-order valence-electron chi connectivity index (χ4n) is 1.48. The maximum Gasteiger partial charge on any atom is 0.236 e. The van der Waals surface area contributed by atoms with Crippen LogP contribution in [-0.2, 0) is 11.3 Å². The number of furan rings is 1. The molecule has 0 aromatic carbocycles. The van der Waals surface area contributed by atoms with Crippen molar-refractivity contribution in [2.24, 2.45) is 0 Å². The molecule has 4 heteroatoms. The van der Waals surface area contributed by atoms with E-state index in [1.165, 1.54) is 0 Å². The number of carbonyl (C=O) groups excluding carboxylic acids is 1. The SMILES string of the molecule is Cc1ccc(CN(C(=O)C(C)Br)C(C)C)o1. The van der Waals surface area contributed by atoms with Crippen LogP contribution in [0.25, 0.3) is 0 Å². The second-order valence-electron chi connectivity index (χ2n) is 4.19. The molecule has 0 saturated carbocycles. The average molecular weight is 288 g/mol. The van der Waals surface area contributed by atoms with Crippen LogP contribution in [0.2, 0.25) is 0 Å². The first-order valence-corrected chi connectivity index (χ1v) is 6.33. The minimum Gasteiger partial charge on any atom is -0.464 e. The van der Waals surface area contributed by atoms with E-state index in [2.05, 4.69) is 15.9 Å². The van der Waals surface area contributed by atoms with Crippen LogP contribution in [0.5, 0.6) is 0 Å². The molecule has 3 nitrogen and oxygen atoms in total. The molecule has 1 amide bonds. The van der Waals surface area contributed by atoms with Gasteiger partial charge in [-0.25, -0.2) is 0 Å². The van der Waals surface area contributed by atoms with E-state index in [0.29, 0.717) is 6.54 Å². The maximum absolute atomic E-state index is 11.9. The topological polar surface area (TPSA) is 33.5 Å². The molecule has 1 atom stereocenters. The van der Waals surface area contributed by atoms with Crippen molar-refractivity contribution >= 4 is 21.8 Å². The number of alkyl halides is 1. The van der Waals surface area contributed by atoms with E-state index in [4.69, 9.17) is 4.42 Å². The predicted octanol–water partition coefficient (Wildman–Crippen LogP) is 3.11. The van der Waals surface area contributed by atoms with Gasteiger partial charge < -0.3 is 9.32 Å². The highest BCUT2D eigenvalue weighted by Crippen LogP contribution is 2.15. The van der Waals surface area contributed by atoms with Crippen LogP contribution < -0.4 is 0 Å². The largest absolute Gasteiger partial charge is 0.464 e. The van der Waals surface area contributed by atoms with Gasteiger partial charge in [0.15, 0.2) is 0 Å². The summed E-state index contributed by atoms with van der Waals surface area (Å²) in [5, 5.41) is 0. The summed E-state index contributed by atoms with van der Waals surface area (Å²) in [5.41, 5.74) is 0. The van der Waals surface area contributed by atoms with E-state index in [0.717, 1.165) is 11.5 Å². The van der Waals surface area contributed by atoms with E-state index in [9.17, 15) is 4.79 Å². The Labute approximate surface area is 105 Å². The summed E-state index contributed by atoms with van der Waals surface area (Å²) in [5.74, 6) is 1.79. The summed E-state index contributed by atoms with van der Waals surface area (Å²) in [4.78, 5) is 13.6. The second kappa shape index (κ2) is 5.53. The van der Waals surface area contributed by atoms with Crippen LogP contribution in [0.4, 0.5) is 0 Å². The van der Waals surface area contributed by atoms with Gasteiger partial charge in [-0.05, 0) is 39.8 Å². The van der Waals surface area contributed by atoms with E-state index < -0.39 is 0 Å². The van der Waals surface area contributed by atoms with E-state index in [-0.39, 0.29) is 16.8 Å². The third-order valence-electron chi connectivity index (χ3n) is 2.37. The third-order valence-corrected chi connectivity index (χ3v) is 2.76. The molecule has 1 heterocycles. The molecule has 0 radical (unpaired) electrons. The lowest BCUT2D eigenvalue weighted by molar-refractivity contribution is -0.132. The maximum atomic E-state index is 11.9. The van der Waals surface area contributed by atoms with E-state index in [1.807, 2.05) is 39.8 Å². The molecule has 1 aromatic heterocycles. The molecule has 0 aliphatic rings. The first-order chi connectivity index (χ1) is 7.41. The van der Waals surface area contributed by atoms with E-state index >= 15 is 0 Å². The summed E-state index contributed by atoms with van der Waals surface area (Å²) >= 11 is 3.31. The van der Waals surface area contributed by atoms with Crippen molar-refractivity contribution in [1.29, 1.82) is 0 Å². The van der Waals surface area contributed by atoms with Crippen molar-refractivity contribution in [1.82, 2.24) is 4.90 Å². The quantitative estimate of drug-likeness (QED) is 0.798. The van der Waals surface area contributed by atoms with E-state index in [1.54, 1.807) is 4.90 Å². The van der Waals surface area contributed by atoms with Crippen molar-refractivity contribution in [2.75, 3.05) is 0 Å². The Balaban J connectivity index is 2.76. The van der Waals surface area contributed by atoms with Crippen molar-refractivity contribution in [3.63, 3.8) is 0 Å². The Morgan fingerprint density at radius 1 is 1.44 bits per heavy atom. The molecule has 90 valence electrons. The minimum absolute atomic E-state index is 0.0871. The molecule has 0 bridgehead atoms. The fraction of sp³-hybridized carbons (Fsp3) is 0.583. The summed E-state index contributed by atoms with van der Waals surface area (Å²) in [6, 6.07) is 3.99. The summed E-state index contributed by atoms with van der Waals surface area (Å²) in [6.45, 7) is 8.27. The normalized spacial score (nSPS) is 12.9. The smallest absolute Gasteiger partial charge is 0.236 e. The molecule has 0 aliphatic heterocycles. The van der Waals surface area contributed by atoms with Crippen molar-refractivity contribution in [2.45, 2.75) is 45.1 Å². The molecule has 0 saturated heterocycles. The minimum atomic E-state index is -0.161. The van der Waals surface area contributed by atoms with Gasteiger partial charge in [0.05, 0.1) is 11.4 Å². The van der Waals surface area contributed by atoms with Gasteiger partial charge in [0.25, 0.3) is 0 Å². The Morgan fingerprint density at radius 2 is 2.06 bits per heavy atom. The van der Waals surface area contributed by atoms with Crippen LogP contribution in [0.1, 0.15) is 32.3 Å². The van der Waals surface area contributed by atoms with Crippen LogP contribution in [0, 0.1) is 6.92 Å². The number of halogens is 1. The Kier molecular flexibility index (Phi) is 4.59. The average Bonchev–Trinajstić information content (AvgIpc) is 2.59. The molecular formula is C12H18BrNO2. The fourth-order valence-corrected chi connectivity index (χ4v) is 1.74. The van der Waals surface area contributed by atoms with Gasteiger partial charge in [-0.15, -0.1) is 0 Å². The lowest BCUT2D eigenvalue weighted by Gasteiger charge is -2.27. The van der Waals surface area contributed by atoms with Gasteiger partial charge in [0.1, 0.15) is 11.5 Å². The number of hydrogen-bond donors (Lipinski definition) is 0. The lowest BCUT2D eigenvalue weighted by Crippen LogP contribution is -2.39. The summed E-state index contributed by atoms with van der Waals surface area (Å²) in [6.07, 6.45) is 0. The van der Waals surface area contributed by atoms with Crippen LogP contribution in [-0.4, -0.2) is 21.7 Å². The highest BCUT2D eigenvalue weighted by atomic mass is 79.9. The Hall–Kier alpha value is -0.770. The first kappa shape index (κ1) is 13.3. The zero-order valence-corrected chi connectivity index (χ0v) is 11.7. The van der Waals surface area contributed by atoms with Crippen LogP contribution >= 0.6 is 15.9 Å². The molecule has 1 unspecified atom stereocenters. The Bertz CT molecular complexity index is 358. The van der Waals surface area contributed by atoms with Gasteiger partial charge in [0, 0.05) is 6.04 Å². The number of carbonyl (C=O) groups is 1. The number of amides is 1. The van der Waals surface area contributed by atoms with Crippen molar-refractivity contribution in [3.8, 4) is 0 Å². The number of rotatable bonds is 4. The first-order valence-electron chi connectivity index (χ1n) is 5.41. The zero-order valence-electron chi connectivity index (χ0n) is 10.2. The number of aryl methyl sites for hydroxylation is 1. The van der Waals surface area contributed by atoms with Crippen molar-refractivity contribution in [3.05, 3.63) is 23.7 Å². The second-order valence-corrected chi connectivity index (χ2v) is 5.56. The molecule has 16 heavy (non-hydrogen) atoms. The zero-order chi connectivity index (χ0) is 12.3. The van der Waals surface area contributed by atoms with Gasteiger partial charge in [0.2, 0.25) is 5.91 Å². The molecular weight excluding hydrogens is 270 g/mol. The third kappa shape index (κ3) is 3.37. The Morgan fingerprint density at radius 3 is 2.44 bits per heavy atom. The molecule has 0 N–H and O–H groups in total. The molecule has 0 spiro atoms. The van der Waals surface area contributed by atoms with Gasteiger partial charge in [-0.1, -0.05) is 15.9 Å². The van der Waals surface area contributed by atoms with Crippen LogP contribution in [0.15, 0.2) is 16.5 Å². The highest BCUT2D eigenvalue weighted by molar-refractivity contribution is 9.10. The van der Waals surface area contributed by atoms with Gasteiger partial charge >= 0.3 is 0 Å². The lowest BCUT2D eigenvalue weighted by atomic mass is 10.2. The summed E-state index contributed by atoms with van der Waals surface area (Å²) in [7, 11) is 0. The molecule has 0 fully saturated rings. The monoisotopic (exact) mass is 287 g/mol. The molecule has 1 aromatic rings.